The van der Waals surface area contributed by atoms with Gasteiger partial charge >= 0.3 is 5.97 Å². The molecule has 0 radical (unpaired) electrons. The lowest BCUT2D eigenvalue weighted by atomic mass is 10.3. The van der Waals surface area contributed by atoms with Crippen LogP contribution >= 0.6 is 15.9 Å². The third kappa shape index (κ3) is 2.37. The Labute approximate surface area is 121 Å². The number of H-pyrrole nitrogens is 1. The zero-order chi connectivity index (χ0) is 14.1. The quantitative estimate of drug-likeness (QED) is 0.679. The van der Waals surface area contributed by atoms with Crippen molar-refractivity contribution >= 4 is 39.2 Å². The predicted octanol–water partition coefficient (Wildman–Crippen LogP) is 2.19. The van der Waals surface area contributed by atoms with Gasteiger partial charge in [0.15, 0.2) is 11.5 Å². The summed E-state index contributed by atoms with van der Waals surface area (Å²) in [5.74, 6) is 0.512. The first-order valence-corrected chi connectivity index (χ1v) is 6.59. The average Bonchev–Trinajstić information content (AvgIpc) is 3.00. The summed E-state index contributed by atoms with van der Waals surface area (Å²) < 4.78 is 2.11. The number of nitrogens with one attached hydrogen (secondary N) is 2. The van der Waals surface area contributed by atoms with Crippen molar-refractivity contribution in [3.05, 3.63) is 40.8 Å². The zero-order valence-corrected chi connectivity index (χ0v) is 11.8. The Kier molecular flexibility index (Phi) is 3.15. The molecule has 0 aromatic carbocycles. The van der Waals surface area contributed by atoms with Gasteiger partial charge in [-0.3, -0.25) is 4.79 Å². The fourth-order valence-corrected chi connectivity index (χ4v) is 2.31. The number of carbonyl (C=O) groups is 1. The Morgan fingerprint density at radius 2 is 2.30 bits per heavy atom. The van der Waals surface area contributed by atoms with Crippen LogP contribution in [0.5, 0.6) is 0 Å². The van der Waals surface area contributed by atoms with Gasteiger partial charge in [0, 0.05) is 6.20 Å². The van der Waals surface area contributed by atoms with Gasteiger partial charge in [0.2, 0.25) is 0 Å². The molecule has 0 aliphatic carbocycles. The van der Waals surface area contributed by atoms with E-state index in [1.54, 1.807) is 22.8 Å². The summed E-state index contributed by atoms with van der Waals surface area (Å²) in [6.07, 6.45) is 1.66. The van der Waals surface area contributed by atoms with Crippen molar-refractivity contribution in [3.8, 4) is 0 Å². The number of halogens is 1. The van der Waals surface area contributed by atoms with E-state index in [0.29, 0.717) is 21.8 Å². The monoisotopic (exact) mass is 335 g/mol. The maximum atomic E-state index is 10.8. The predicted molar refractivity (Wildman–Crippen MR) is 76.1 cm³/mol. The summed E-state index contributed by atoms with van der Waals surface area (Å²) in [5, 5.41) is 16.3. The second-order valence-electron chi connectivity index (χ2n) is 4.12. The third-order valence-corrected chi connectivity index (χ3v) is 3.46. The molecule has 0 unspecified atom stereocenters. The molecule has 0 atom stereocenters. The molecule has 8 heteroatoms. The van der Waals surface area contributed by atoms with Crippen LogP contribution in [0.1, 0.15) is 5.69 Å². The van der Waals surface area contributed by atoms with Crippen LogP contribution in [-0.4, -0.2) is 30.7 Å². The first-order valence-electron chi connectivity index (χ1n) is 5.80. The molecule has 3 N–H and O–H groups in total. The number of hydrogen-bond donors (Lipinski definition) is 3. The molecule has 3 rings (SSSR count). The molecule has 0 saturated heterocycles. The molecule has 3 aromatic heterocycles. The third-order valence-electron chi connectivity index (χ3n) is 2.67. The number of aromatic nitrogens is 4. The highest BCUT2D eigenvalue weighted by Gasteiger charge is 2.14. The number of nitrogens with zero attached hydrogens (tertiary/aromatic N) is 3. The number of hydrogen-bond acceptors (Lipinski definition) is 4. The van der Waals surface area contributed by atoms with E-state index in [0.717, 1.165) is 5.82 Å². The van der Waals surface area contributed by atoms with Crippen LogP contribution < -0.4 is 5.32 Å². The first kappa shape index (κ1) is 12.7. The van der Waals surface area contributed by atoms with E-state index in [-0.39, 0.29) is 6.42 Å². The summed E-state index contributed by atoms with van der Waals surface area (Å²) >= 11 is 3.33. The van der Waals surface area contributed by atoms with Gasteiger partial charge in [-0.25, -0.2) is 9.50 Å². The van der Waals surface area contributed by atoms with Crippen LogP contribution in [0.25, 0.3) is 5.65 Å². The molecule has 0 fully saturated rings. The fraction of sp³-hybridized carbons (Fsp3) is 0.0833. The van der Waals surface area contributed by atoms with Gasteiger partial charge in [-0.15, -0.1) is 5.10 Å². The summed E-state index contributed by atoms with van der Waals surface area (Å²) in [4.78, 5) is 18.0. The molecule has 3 heterocycles. The molecule has 7 nitrogen and oxygen atoms in total. The SMILES string of the molecule is O=C(O)Cc1nc2ccc(Nc3ccc[nH]3)nn2c1Br. The maximum absolute atomic E-state index is 10.8. The number of carboxylic acid groups (broad SMARTS) is 1. The van der Waals surface area contributed by atoms with Gasteiger partial charge in [0.05, 0.1) is 12.1 Å². The van der Waals surface area contributed by atoms with E-state index in [1.165, 1.54) is 0 Å². The standard InChI is InChI=1S/C12H10BrN5O2/c13-12-7(6-11(19)20)15-10-4-3-9(17-18(10)12)16-8-2-1-5-14-8/h1-5,14H,6H2,(H,16,17)(H,19,20). The molecule has 0 spiro atoms. The van der Waals surface area contributed by atoms with Gasteiger partial charge in [0.25, 0.3) is 0 Å². The van der Waals surface area contributed by atoms with Gasteiger partial charge in [-0.1, -0.05) is 0 Å². The lowest BCUT2D eigenvalue weighted by Crippen LogP contribution is -2.01. The van der Waals surface area contributed by atoms with Crippen LogP contribution in [0.4, 0.5) is 11.6 Å². The largest absolute Gasteiger partial charge is 0.481 e. The number of rotatable bonds is 4. The number of anilines is 2. The smallest absolute Gasteiger partial charge is 0.309 e. The first-order chi connectivity index (χ1) is 9.63. The molecule has 0 saturated carbocycles. The highest BCUT2D eigenvalue weighted by molar-refractivity contribution is 9.10. The van der Waals surface area contributed by atoms with E-state index in [1.807, 2.05) is 12.1 Å². The van der Waals surface area contributed by atoms with Crippen LogP contribution in [0, 0.1) is 0 Å². The van der Waals surface area contributed by atoms with Crippen molar-refractivity contribution in [3.63, 3.8) is 0 Å². The normalized spacial score (nSPS) is 10.8. The van der Waals surface area contributed by atoms with Gasteiger partial charge < -0.3 is 15.4 Å². The van der Waals surface area contributed by atoms with Crippen molar-refractivity contribution in [2.45, 2.75) is 6.42 Å². The minimum Gasteiger partial charge on any atom is -0.481 e. The minimum absolute atomic E-state index is 0.149. The summed E-state index contributed by atoms with van der Waals surface area (Å²) in [6.45, 7) is 0. The van der Waals surface area contributed by atoms with Crippen LogP contribution in [-0.2, 0) is 11.2 Å². The molecular weight excluding hydrogens is 326 g/mol. The van der Waals surface area contributed by atoms with Crippen molar-refractivity contribution < 1.29 is 9.90 Å². The molecule has 3 aromatic rings. The van der Waals surface area contributed by atoms with E-state index in [9.17, 15) is 4.79 Å². The number of imidazole rings is 1. The summed E-state index contributed by atoms with van der Waals surface area (Å²) in [6, 6.07) is 7.30. The molecule has 0 aliphatic rings. The second-order valence-corrected chi connectivity index (χ2v) is 4.87. The summed E-state index contributed by atoms with van der Waals surface area (Å²) in [7, 11) is 0. The molecule has 0 bridgehead atoms. The molecule has 0 aliphatic heterocycles. The van der Waals surface area contributed by atoms with Crippen molar-refractivity contribution in [2.75, 3.05) is 5.32 Å². The minimum atomic E-state index is -0.932. The lowest BCUT2D eigenvalue weighted by molar-refractivity contribution is -0.136. The van der Waals surface area contributed by atoms with Crippen molar-refractivity contribution in [2.24, 2.45) is 0 Å². The van der Waals surface area contributed by atoms with Gasteiger partial charge in [-0.05, 0) is 40.2 Å². The Bertz CT molecular complexity index is 766. The molecule has 102 valence electrons. The van der Waals surface area contributed by atoms with E-state index in [4.69, 9.17) is 5.11 Å². The topological polar surface area (TPSA) is 95.3 Å². The van der Waals surface area contributed by atoms with Gasteiger partial charge in [-0.2, -0.15) is 0 Å². The van der Waals surface area contributed by atoms with Crippen LogP contribution in [0.2, 0.25) is 0 Å². The van der Waals surface area contributed by atoms with Crippen LogP contribution in [0.3, 0.4) is 0 Å². The molecule has 0 amide bonds. The number of aromatic amines is 1. The number of aliphatic carboxylic acids is 1. The summed E-state index contributed by atoms with van der Waals surface area (Å²) in [5.41, 5.74) is 1.03. The number of fused-ring (bicyclic) bond motifs is 1. The van der Waals surface area contributed by atoms with Gasteiger partial charge in [0.1, 0.15) is 10.4 Å². The van der Waals surface area contributed by atoms with Crippen LogP contribution in [0.15, 0.2) is 35.1 Å². The average molecular weight is 336 g/mol. The number of carboxylic acids is 1. The fourth-order valence-electron chi connectivity index (χ4n) is 1.82. The Morgan fingerprint density at radius 1 is 1.45 bits per heavy atom. The highest BCUT2D eigenvalue weighted by Crippen LogP contribution is 2.20. The van der Waals surface area contributed by atoms with E-state index < -0.39 is 5.97 Å². The highest BCUT2D eigenvalue weighted by atomic mass is 79.9. The van der Waals surface area contributed by atoms with E-state index >= 15 is 0 Å². The second kappa shape index (κ2) is 4.97. The van der Waals surface area contributed by atoms with Crippen molar-refractivity contribution in [1.29, 1.82) is 0 Å². The maximum Gasteiger partial charge on any atom is 0.309 e. The van der Waals surface area contributed by atoms with E-state index in [2.05, 4.69) is 36.3 Å². The van der Waals surface area contributed by atoms with Crippen molar-refractivity contribution in [1.82, 2.24) is 19.6 Å². The molecular formula is C12H10BrN5O2. The lowest BCUT2D eigenvalue weighted by Gasteiger charge is -2.03. The Balaban J connectivity index is 1.98. The zero-order valence-electron chi connectivity index (χ0n) is 10.2. The molecule has 20 heavy (non-hydrogen) atoms. The Hall–Kier alpha value is -2.35. The Morgan fingerprint density at radius 3 is 3.00 bits per heavy atom.